The van der Waals surface area contributed by atoms with Crippen molar-refractivity contribution in [2.75, 3.05) is 7.11 Å². The summed E-state index contributed by atoms with van der Waals surface area (Å²) in [7, 11) is 1.70. The van der Waals surface area contributed by atoms with Crippen LogP contribution in [0.2, 0.25) is 0 Å². The van der Waals surface area contributed by atoms with Gasteiger partial charge in [-0.2, -0.15) is 0 Å². The topological polar surface area (TPSA) is 9.23 Å². The number of ether oxygens (including phenoxy) is 1. The molecule has 0 saturated heterocycles. The molecule has 1 aliphatic rings. The van der Waals surface area contributed by atoms with Crippen LogP contribution in [0.5, 0.6) is 5.75 Å². The van der Waals surface area contributed by atoms with Crippen molar-refractivity contribution in [3.63, 3.8) is 0 Å². The van der Waals surface area contributed by atoms with Gasteiger partial charge in [0.1, 0.15) is 5.75 Å². The summed E-state index contributed by atoms with van der Waals surface area (Å²) in [5.74, 6) is 8.94. The van der Waals surface area contributed by atoms with E-state index in [-0.39, 0.29) is 0 Å². The van der Waals surface area contributed by atoms with Crippen LogP contribution in [0, 0.1) is 17.8 Å². The first-order valence-corrected chi connectivity index (χ1v) is 7.48. The fourth-order valence-corrected chi connectivity index (χ4v) is 2.72. The van der Waals surface area contributed by atoms with Gasteiger partial charge in [0.05, 0.1) is 7.11 Å². The lowest BCUT2D eigenvalue weighted by molar-refractivity contribution is 0.414. The van der Waals surface area contributed by atoms with Crippen LogP contribution in [-0.2, 0) is 0 Å². The molecular weight excluding hydrogens is 232 g/mol. The van der Waals surface area contributed by atoms with Gasteiger partial charge in [-0.3, -0.25) is 0 Å². The van der Waals surface area contributed by atoms with Crippen molar-refractivity contribution in [2.45, 2.75) is 51.4 Å². The summed E-state index contributed by atoms with van der Waals surface area (Å²) >= 11 is 0. The van der Waals surface area contributed by atoms with Crippen molar-refractivity contribution in [2.24, 2.45) is 5.92 Å². The van der Waals surface area contributed by atoms with E-state index in [1.54, 1.807) is 7.11 Å². The van der Waals surface area contributed by atoms with Gasteiger partial charge in [0, 0.05) is 11.8 Å². The zero-order chi connectivity index (χ0) is 13.5. The third-order valence-electron chi connectivity index (χ3n) is 3.99. The maximum absolute atomic E-state index is 5.20. The molecule has 1 aromatic carbocycles. The SMILES string of the molecule is CC[C@H](C#CC1CCCCC1)c1ccc(OC)cc1. The minimum atomic E-state index is 0.368. The fraction of sp³-hybridized carbons (Fsp3) is 0.556. The van der Waals surface area contributed by atoms with E-state index in [1.165, 1.54) is 37.7 Å². The van der Waals surface area contributed by atoms with Gasteiger partial charge in [-0.05, 0) is 37.0 Å². The van der Waals surface area contributed by atoms with Crippen LogP contribution in [-0.4, -0.2) is 7.11 Å². The summed E-state index contributed by atoms with van der Waals surface area (Å²) in [6.45, 7) is 2.21. The first kappa shape index (κ1) is 14.0. The van der Waals surface area contributed by atoms with Gasteiger partial charge in [-0.1, -0.05) is 50.2 Å². The first-order chi connectivity index (χ1) is 9.33. The van der Waals surface area contributed by atoms with Crippen LogP contribution in [0.3, 0.4) is 0 Å². The molecule has 1 saturated carbocycles. The largest absolute Gasteiger partial charge is 0.497 e. The summed E-state index contributed by atoms with van der Waals surface area (Å²) in [6, 6.07) is 8.34. The van der Waals surface area contributed by atoms with E-state index in [1.807, 2.05) is 12.1 Å². The lowest BCUT2D eigenvalue weighted by atomic mass is 9.88. The summed E-state index contributed by atoms with van der Waals surface area (Å²) in [5, 5.41) is 0. The predicted molar refractivity (Wildman–Crippen MR) is 80.4 cm³/mol. The summed E-state index contributed by atoms with van der Waals surface area (Å²) in [4.78, 5) is 0. The Bertz CT molecular complexity index is 429. The molecule has 1 heteroatoms. The smallest absolute Gasteiger partial charge is 0.118 e. The van der Waals surface area contributed by atoms with E-state index in [0.717, 1.165) is 12.2 Å². The van der Waals surface area contributed by atoms with Crippen LogP contribution in [0.4, 0.5) is 0 Å². The van der Waals surface area contributed by atoms with Gasteiger partial charge in [-0.15, -0.1) is 0 Å². The molecule has 0 aromatic heterocycles. The number of hydrogen-bond acceptors (Lipinski definition) is 1. The van der Waals surface area contributed by atoms with Crippen LogP contribution >= 0.6 is 0 Å². The third-order valence-corrected chi connectivity index (χ3v) is 3.99. The lowest BCUT2D eigenvalue weighted by Gasteiger charge is -2.16. The average molecular weight is 256 g/mol. The normalized spacial score (nSPS) is 17.4. The number of methoxy groups -OCH3 is 1. The van der Waals surface area contributed by atoms with Gasteiger partial charge in [0.2, 0.25) is 0 Å². The van der Waals surface area contributed by atoms with Gasteiger partial charge in [0.15, 0.2) is 0 Å². The highest BCUT2D eigenvalue weighted by Crippen LogP contribution is 2.25. The van der Waals surface area contributed by atoms with E-state index in [0.29, 0.717) is 11.8 Å². The molecule has 0 aliphatic heterocycles. The second-order valence-corrected chi connectivity index (χ2v) is 5.36. The minimum absolute atomic E-state index is 0.368. The van der Waals surface area contributed by atoms with Crippen molar-refractivity contribution in [3.05, 3.63) is 29.8 Å². The minimum Gasteiger partial charge on any atom is -0.497 e. The van der Waals surface area contributed by atoms with E-state index in [4.69, 9.17) is 4.74 Å². The maximum atomic E-state index is 5.20. The Kier molecular flexibility index (Phi) is 5.33. The molecule has 1 fully saturated rings. The molecule has 1 atom stereocenters. The fourth-order valence-electron chi connectivity index (χ4n) is 2.72. The van der Waals surface area contributed by atoms with Crippen molar-refractivity contribution < 1.29 is 4.74 Å². The molecule has 102 valence electrons. The molecule has 2 rings (SSSR count). The molecule has 0 N–H and O–H groups in total. The molecule has 1 aromatic rings. The number of hydrogen-bond donors (Lipinski definition) is 0. The molecule has 1 aliphatic carbocycles. The van der Waals surface area contributed by atoms with E-state index >= 15 is 0 Å². The first-order valence-electron chi connectivity index (χ1n) is 7.48. The van der Waals surface area contributed by atoms with E-state index in [2.05, 4.69) is 30.9 Å². The Morgan fingerprint density at radius 1 is 1.16 bits per heavy atom. The molecule has 1 nitrogen and oxygen atoms in total. The Hall–Kier alpha value is -1.42. The molecule has 0 heterocycles. The Labute approximate surface area is 117 Å². The second kappa shape index (κ2) is 7.24. The maximum Gasteiger partial charge on any atom is 0.118 e. The summed E-state index contributed by atoms with van der Waals surface area (Å²) in [6.07, 6.45) is 7.79. The molecular formula is C18H24O. The van der Waals surface area contributed by atoms with E-state index < -0.39 is 0 Å². The monoisotopic (exact) mass is 256 g/mol. The number of rotatable bonds is 3. The molecule has 0 amide bonds. The highest BCUT2D eigenvalue weighted by Gasteiger charge is 2.11. The Balaban J connectivity index is 2.04. The lowest BCUT2D eigenvalue weighted by Crippen LogP contribution is -2.04. The standard InChI is InChI=1S/C18H24O/c1-3-16(10-9-15-7-5-4-6-8-15)17-11-13-18(19-2)14-12-17/h11-16H,3-8H2,1-2H3/t16-/m1/s1. The predicted octanol–water partition coefficient (Wildman–Crippen LogP) is 4.77. The van der Waals surface area contributed by atoms with Crippen molar-refractivity contribution in [1.29, 1.82) is 0 Å². The second-order valence-electron chi connectivity index (χ2n) is 5.36. The Morgan fingerprint density at radius 2 is 1.84 bits per heavy atom. The molecule has 19 heavy (non-hydrogen) atoms. The third kappa shape index (κ3) is 4.03. The number of benzene rings is 1. The van der Waals surface area contributed by atoms with Crippen LogP contribution in [0.25, 0.3) is 0 Å². The highest BCUT2D eigenvalue weighted by atomic mass is 16.5. The average Bonchev–Trinajstić information content (AvgIpc) is 2.49. The van der Waals surface area contributed by atoms with Crippen molar-refractivity contribution in [3.8, 4) is 17.6 Å². The van der Waals surface area contributed by atoms with Gasteiger partial charge in [0.25, 0.3) is 0 Å². The van der Waals surface area contributed by atoms with Crippen LogP contribution in [0.15, 0.2) is 24.3 Å². The molecule has 0 spiro atoms. The zero-order valence-electron chi connectivity index (χ0n) is 12.1. The van der Waals surface area contributed by atoms with Crippen molar-refractivity contribution in [1.82, 2.24) is 0 Å². The summed E-state index contributed by atoms with van der Waals surface area (Å²) < 4.78 is 5.20. The molecule has 0 unspecified atom stereocenters. The van der Waals surface area contributed by atoms with Gasteiger partial charge < -0.3 is 4.74 Å². The van der Waals surface area contributed by atoms with Gasteiger partial charge in [-0.25, -0.2) is 0 Å². The quantitative estimate of drug-likeness (QED) is 0.708. The van der Waals surface area contributed by atoms with Crippen LogP contribution in [0.1, 0.15) is 56.9 Å². The molecule has 0 bridgehead atoms. The van der Waals surface area contributed by atoms with Crippen LogP contribution < -0.4 is 4.74 Å². The molecule has 0 radical (unpaired) electrons. The van der Waals surface area contributed by atoms with E-state index in [9.17, 15) is 0 Å². The van der Waals surface area contributed by atoms with Crippen molar-refractivity contribution >= 4 is 0 Å². The highest BCUT2D eigenvalue weighted by molar-refractivity contribution is 5.33. The van der Waals surface area contributed by atoms with Gasteiger partial charge >= 0.3 is 0 Å². The zero-order valence-corrected chi connectivity index (χ0v) is 12.1. The summed E-state index contributed by atoms with van der Waals surface area (Å²) in [5.41, 5.74) is 1.31. The Morgan fingerprint density at radius 3 is 2.42 bits per heavy atom.